The van der Waals surface area contributed by atoms with Gasteiger partial charge in [0.05, 0.1) is 6.21 Å². The summed E-state index contributed by atoms with van der Waals surface area (Å²) in [5.41, 5.74) is 11.5. The van der Waals surface area contributed by atoms with Crippen LogP contribution in [0, 0.1) is 5.92 Å². The molecule has 2 atom stereocenters. The lowest BCUT2D eigenvalue weighted by Crippen LogP contribution is -2.26. The second-order valence-electron chi connectivity index (χ2n) is 7.30. The van der Waals surface area contributed by atoms with Crippen molar-refractivity contribution >= 4 is 12.2 Å². The molecule has 1 aliphatic carbocycles. The number of aromatic hydroxyl groups is 1. The van der Waals surface area contributed by atoms with Crippen molar-refractivity contribution in [2.24, 2.45) is 16.8 Å². The lowest BCUT2D eigenvalue weighted by Gasteiger charge is -2.33. The Bertz CT molecular complexity index is 869. The summed E-state index contributed by atoms with van der Waals surface area (Å²) in [5, 5.41) is 13.5. The number of nitrogens with two attached hydrogens (primary N) is 1. The van der Waals surface area contributed by atoms with Gasteiger partial charge in [0.15, 0.2) is 0 Å². The Labute approximate surface area is 159 Å². The van der Waals surface area contributed by atoms with Crippen LogP contribution in [0.25, 0.3) is 0 Å². The average molecular weight is 363 g/mol. The topological polar surface area (TPSA) is 87.7 Å². The van der Waals surface area contributed by atoms with Gasteiger partial charge < -0.3 is 10.8 Å². The Balaban J connectivity index is 1.97. The summed E-state index contributed by atoms with van der Waals surface area (Å²) >= 11 is 0. The molecule has 0 aromatic heterocycles. The molecule has 27 heavy (non-hydrogen) atoms. The van der Waals surface area contributed by atoms with Gasteiger partial charge in [-0.25, -0.2) is 10.2 Å². The lowest BCUT2D eigenvalue weighted by molar-refractivity contribution is 0.249. The predicted octanol–water partition coefficient (Wildman–Crippen LogP) is 4.06. The Morgan fingerprint density at radius 1 is 1.19 bits per heavy atom. The van der Waals surface area contributed by atoms with Crippen molar-refractivity contribution in [1.29, 1.82) is 0 Å². The van der Waals surface area contributed by atoms with Crippen LogP contribution in [0.1, 0.15) is 43.4 Å². The third kappa shape index (κ3) is 4.03. The fourth-order valence-corrected chi connectivity index (χ4v) is 3.70. The van der Waals surface area contributed by atoms with Crippen LogP contribution in [0.2, 0.25) is 0 Å². The zero-order chi connectivity index (χ0) is 19.4. The minimum atomic E-state index is -0.690. The average Bonchev–Trinajstić information content (AvgIpc) is 3.09. The summed E-state index contributed by atoms with van der Waals surface area (Å²) in [6.45, 7) is 4.51. The Kier molecular flexibility index (Phi) is 5.31. The number of urea groups is 1. The molecule has 0 radical (unpaired) electrons. The zero-order valence-corrected chi connectivity index (χ0v) is 15.6. The van der Waals surface area contributed by atoms with Crippen molar-refractivity contribution in [2.45, 2.75) is 32.1 Å². The third-order valence-corrected chi connectivity index (χ3v) is 5.30. The maximum absolute atomic E-state index is 10.7. The van der Waals surface area contributed by atoms with Gasteiger partial charge in [-0.15, -0.1) is 0 Å². The number of carbonyl (C=O) groups is 1. The molecular weight excluding hydrogens is 338 g/mol. The fourth-order valence-electron chi connectivity index (χ4n) is 3.70. The van der Waals surface area contributed by atoms with E-state index in [1.807, 2.05) is 24.3 Å². The molecule has 0 saturated heterocycles. The van der Waals surface area contributed by atoms with Crippen molar-refractivity contribution < 1.29 is 9.90 Å². The van der Waals surface area contributed by atoms with Crippen LogP contribution >= 0.6 is 0 Å². The molecule has 2 aromatic carbocycles. The van der Waals surface area contributed by atoms with Crippen LogP contribution in [-0.4, -0.2) is 17.4 Å². The summed E-state index contributed by atoms with van der Waals surface area (Å²) in [6, 6.07) is 14.9. The third-order valence-electron chi connectivity index (χ3n) is 5.30. The molecule has 5 nitrogen and oxygen atoms in total. The number of rotatable bonds is 5. The first-order valence-corrected chi connectivity index (χ1v) is 9.07. The molecule has 5 heteroatoms. The van der Waals surface area contributed by atoms with E-state index < -0.39 is 6.03 Å². The van der Waals surface area contributed by atoms with Crippen LogP contribution < -0.4 is 11.2 Å². The highest BCUT2D eigenvalue weighted by Gasteiger charge is 2.35. The van der Waals surface area contributed by atoms with E-state index in [0.717, 1.165) is 24.0 Å². The van der Waals surface area contributed by atoms with Crippen LogP contribution in [0.15, 0.2) is 65.3 Å². The lowest BCUT2D eigenvalue weighted by atomic mass is 9.70. The number of hydrazone groups is 1. The zero-order valence-electron chi connectivity index (χ0n) is 15.6. The number of carbonyl (C=O) groups excluding carboxylic acids is 1. The number of hydrogen-bond donors (Lipinski definition) is 3. The molecule has 0 fully saturated rings. The maximum atomic E-state index is 10.7. The normalized spacial score (nSPS) is 18.9. The molecule has 140 valence electrons. The predicted molar refractivity (Wildman–Crippen MR) is 108 cm³/mol. The Hall–Kier alpha value is -3.08. The molecular formula is C22H25N3O2. The van der Waals surface area contributed by atoms with Crippen LogP contribution in [0.4, 0.5) is 4.79 Å². The van der Waals surface area contributed by atoms with Gasteiger partial charge in [-0.1, -0.05) is 55.0 Å². The monoisotopic (exact) mass is 363 g/mol. The smallest absolute Gasteiger partial charge is 0.332 e. The molecule has 0 heterocycles. The summed E-state index contributed by atoms with van der Waals surface area (Å²) in [6.07, 6.45) is 6.06. The maximum Gasteiger partial charge on any atom is 0.332 e. The van der Waals surface area contributed by atoms with Gasteiger partial charge in [-0.05, 0) is 54.5 Å². The van der Waals surface area contributed by atoms with E-state index in [1.54, 1.807) is 18.3 Å². The van der Waals surface area contributed by atoms with E-state index in [2.05, 4.69) is 42.6 Å². The standard InChI is InChI=1S/C22H25N3O2/c1-15-3-6-19(13-15)22(2,18-9-11-20(26)12-10-18)17-7-4-16(5-8-17)14-24-25-21(23)27/h4-12,14-15,26H,3,13H2,1-2H3,(H3,23,25,27)/b24-14+. The number of phenols is 1. The minimum Gasteiger partial charge on any atom is -0.508 e. The molecule has 0 bridgehead atoms. The van der Waals surface area contributed by atoms with Crippen molar-refractivity contribution in [3.63, 3.8) is 0 Å². The fraction of sp³-hybridized carbons (Fsp3) is 0.273. The number of allylic oxidation sites excluding steroid dienone is 2. The second-order valence-corrected chi connectivity index (χ2v) is 7.30. The van der Waals surface area contributed by atoms with E-state index in [0.29, 0.717) is 5.92 Å². The van der Waals surface area contributed by atoms with E-state index in [9.17, 15) is 9.90 Å². The van der Waals surface area contributed by atoms with Crippen LogP contribution in [-0.2, 0) is 5.41 Å². The number of amides is 2. The van der Waals surface area contributed by atoms with E-state index >= 15 is 0 Å². The van der Waals surface area contributed by atoms with Gasteiger partial charge in [0.25, 0.3) is 0 Å². The molecule has 3 rings (SSSR count). The molecule has 0 saturated carbocycles. The number of phenolic OH excluding ortho intramolecular Hbond substituents is 1. The van der Waals surface area contributed by atoms with E-state index in [4.69, 9.17) is 5.73 Å². The van der Waals surface area contributed by atoms with E-state index in [1.165, 1.54) is 11.1 Å². The van der Waals surface area contributed by atoms with Crippen molar-refractivity contribution in [3.05, 3.63) is 76.9 Å². The second kappa shape index (κ2) is 7.66. The minimum absolute atomic E-state index is 0.264. The van der Waals surface area contributed by atoms with Gasteiger partial charge in [-0.3, -0.25) is 0 Å². The van der Waals surface area contributed by atoms with E-state index in [-0.39, 0.29) is 11.2 Å². The highest BCUT2D eigenvalue weighted by atomic mass is 16.3. The number of nitrogens with zero attached hydrogens (tertiary/aromatic N) is 1. The van der Waals surface area contributed by atoms with Crippen LogP contribution in [0.5, 0.6) is 5.75 Å². The van der Waals surface area contributed by atoms with Crippen molar-refractivity contribution in [2.75, 3.05) is 0 Å². The first-order chi connectivity index (χ1) is 12.9. The number of benzene rings is 2. The van der Waals surface area contributed by atoms with Crippen molar-refractivity contribution in [1.82, 2.24) is 5.43 Å². The summed E-state index contributed by atoms with van der Waals surface area (Å²) in [7, 11) is 0. The summed E-state index contributed by atoms with van der Waals surface area (Å²) in [5.74, 6) is 0.908. The molecule has 2 aromatic rings. The summed E-state index contributed by atoms with van der Waals surface area (Å²) in [4.78, 5) is 10.7. The first-order valence-electron chi connectivity index (χ1n) is 9.07. The molecule has 4 N–H and O–H groups in total. The van der Waals surface area contributed by atoms with Gasteiger partial charge in [0, 0.05) is 5.41 Å². The highest BCUT2D eigenvalue weighted by Crippen LogP contribution is 2.45. The molecule has 0 aliphatic heterocycles. The SMILES string of the molecule is CC1CC=C(C(C)(c2ccc(O)cc2)c2ccc(/C=N/NC(N)=O)cc2)C1. The quantitative estimate of drug-likeness (QED) is 0.425. The van der Waals surface area contributed by atoms with Crippen LogP contribution in [0.3, 0.4) is 0 Å². The Morgan fingerprint density at radius 3 is 2.30 bits per heavy atom. The first kappa shape index (κ1) is 18.7. The summed E-state index contributed by atoms with van der Waals surface area (Å²) < 4.78 is 0. The van der Waals surface area contributed by atoms with Gasteiger partial charge in [0.1, 0.15) is 5.75 Å². The molecule has 2 unspecified atom stereocenters. The number of hydrogen-bond acceptors (Lipinski definition) is 3. The van der Waals surface area contributed by atoms with Gasteiger partial charge in [0.2, 0.25) is 0 Å². The molecule has 2 amide bonds. The highest BCUT2D eigenvalue weighted by molar-refractivity contribution is 5.81. The van der Waals surface area contributed by atoms with Gasteiger partial charge >= 0.3 is 6.03 Å². The largest absolute Gasteiger partial charge is 0.508 e. The Morgan fingerprint density at radius 2 is 1.78 bits per heavy atom. The number of primary amides is 1. The number of nitrogens with one attached hydrogen (secondary N) is 1. The van der Waals surface area contributed by atoms with Gasteiger partial charge in [-0.2, -0.15) is 5.10 Å². The van der Waals surface area contributed by atoms with Crippen molar-refractivity contribution in [3.8, 4) is 5.75 Å². The molecule has 0 spiro atoms. The molecule has 1 aliphatic rings.